The lowest BCUT2D eigenvalue weighted by molar-refractivity contribution is -0.120. The lowest BCUT2D eigenvalue weighted by atomic mass is 9.82. The van der Waals surface area contributed by atoms with E-state index in [0.717, 1.165) is 11.3 Å². The van der Waals surface area contributed by atoms with Crippen molar-refractivity contribution in [3.63, 3.8) is 0 Å². The molecule has 0 saturated heterocycles. The van der Waals surface area contributed by atoms with Gasteiger partial charge in [0.2, 0.25) is 17.1 Å². The molecule has 2 aliphatic carbocycles. The number of aliphatic hydroxyl groups excluding tert-OH is 1. The third kappa shape index (κ3) is 0.804. The second kappa shape index (κ2) is 2.88. The van der Waals surface area contributed by atoms with Crippen LogP contribution in [0.2, 0.25) is 0 Å². The van der Waals surface area contributed by atoms with E-state index in [-0.39, 0.29) is 28.7 Å². The van der Waals surface area contributed by atoms with Gasteiger partial charge in [-0.2, -0.15) is 0 Å². The minimum Gasteiger partial charge on any atom is -0.501 e. The highest BCUT2D eigenvalue weighted by molar-refractivity contribution is 6.14. The van der Waals surface area contributed by atoms with E-state index >= 15 is 0 Å². The van der Waals surface area contributed by atoms with E-state index < -0.39 is 5.41 Å². The topological polar surface area (TPSA) is 68.7 Å². The quantitative estimate of drug-likeness (QED) is 0.735. The highest BCUT2D eigenvalue weighted by Crippen LogP contribution is 2.78. The summed E-state index contributed by atoms with van der Waals surface area (Å²) >= 11 is 0. The lowest BCUT2D eigenvalue weighted by Crippen LogP contribution is -2.33. The number of nitrogens with zero attached hydrogens (tertiary/aromatic N) is 3. The number of hydrogen-bond acceptors (Lipinski definition) is 3. The number of benzene rings is 1. The van der Waals surface area contributed by atoms with Crippen LogP contribution in [0.1, 0.15) is 25.0 Å². The van der Waals surface area contributed by atoms with Gasteiger partial charge in [-0.25, -0.2) is 0 Å². The number of diazo groups is 1. The Hall–Kier alpha value is -2.35. The van der Waals surface area contributed by atoms with Crippen LogP contribution in [0.25, 0.3) is 10.7 Å². The number of carbonyl (C=O) groups is 1. The van der Waals surface area contributed by atoms with Crippen LogP contribution >= 0.6 is 0 Å². The molecule has 1 N–H and O–H groups in total. The van der Waals surface area contributed by atoms with E-state index in [4.69, 9.17) is 0 Å². The molecule has 4 rings (SSSR count). The normalized spacial score (nSPS) is 31.8. The molecule has 1 heterocycles. The number of rotatable bonds is 0. The highest BCUT2D eigenvalue weighted by atomic mass is 16.3. The third-order valence-electron chi connectivity index (χ3n) is 5.41. The van der Waals surface area contributed by atoms with Crippen LogP contribution in [0, 0.1) is 16.7 Å². The van der Waals surface area contributed by atoms with Gasteiger partial charge in [0.25, 0.3) is 0 Å². The van der Waals surface area contributed by atoms with Gasteiger partial charge in [0.05, 0.1) is 11.3 Å². The fourth-order valence-corrected chi connectivity index (χ4v) is 4.47. The van der Waals surface area contributed by atoms with E-state index in [1.165, 1.54) is 0 Å². The summed E-state index contributed by atoms with van der Waals surface area (Å²) in [6.45, 7) is 3.97. The van der Waals surface area contributed by atoms with Crippen molar-refractivity contribution in [3.05, 3.63) is 40.0 Å². The summed E-state index contributed by atoms with van der Waals surface area (Å²) < 4.78 is 0. The van der Waals surface area contributed by atoms with Crippen LogP contribution in [-0.2, 0) is 10.2 Å². The number of carbonyl (C=O) groups excluding carboxylic acids is 1. The molecule has 1 aromatic carbocycles. The number of hydrogen-bond donors (Lipinski definition) is 1. The molecule has 1 saturated carbocycles. The number of aliphatic hydroxyl groups is 1. The van der Waals surface area contributed by atoms with Gasteiger partial charge in [0.1, 0.15) is 0 Å². The SMILES string of the molecule is CN1C(=O)[C@]23c4c(cccc41)C(O)=C([N+]#N)[C@H]2C3(C)C. The van der Waals surface area contributed by atoms with Crippen molar-refractivity contribution >= 4 is 17.4 Å². The molecule has 1 aliphatic heterocycles. The molecule has 1 amide bonds. The van der Waals surface area contributed by atoms with Gasteiger partial charge in [0, 0.05) is 23.9 Å². The first-order chi connectivity index (χ1) is 9.40. The highest BCUT2D eigenvalue weighted by Gasteiger charge is 2.86. The van der Waals surface area contributed by atoms with Crippen LogP contribution in [0.15, 0.2) is 23.9 Å². The molecular weight excluding hydrogens is 254 g/mol. The standard InChI is InChI=1S/C15H13N3O2/c1-14(2)12-10(17-16)11(19)7-5-4-6-8-9(7)15(12,14)13(20)18(8)3/h4-6,12H,1-3H3/p+1/t12-,15-/m0/s1. The smallest absolute Gasteiger partial charge is 0.408 e. The molecule has 5 nitrogen and oxygen atoms in total. The molecule has 0 radical (unpaired) electrons. The molecule has 1 fully saturated rings. The van der Waals surface area contributed by atoms with E-state index in [2.05, 4.69) is 4.98 Å². The molecule has 0 unspecified atom stereocenters. The largest absolute Gasteiger partial charge is 0.501 e. The first-order valence-electron chi connectivity index (χ1n) is 6.61. The Bertz CT molecular complexity index is 772. The van der Waals surface area contributed by atoms with E-state index in [1.807, 2.05) is 19.9 Å². The monoisotopic (exact) mass is 268 g/mol. The van der Waals surface area contributed by atoms with Crippen LogP contribution in [-0.4, -0.2) is 18.1 Å². The van der Waals surface area contributed by atoms with Crippen molar-refractivity contribution in [2.24, 2.45) is 11.3 Å². The molecule has 5 heteroatoms. The molecule has 1 spiro atoms. The Labute approximate surface area is 116 Å². The number of likely N-dealkylation sites (N-methyl/N-ethyl adjacent to an activating group) is 1. The molecule has 0 bridgehead atoms. The zero-order valence-electron chi connectivity index (χ0n) is 11.5. The number of amides is 1. The number of anilines is 1. The van der Waals surface area contributed by atoms with Crippen molar-refractivity contribution in [2.45, 2.75) is 19.3 Å². The maximum Gasteiger partial charge on any atom is 0.408 e. The Morgan fingerprint density at radius 2 is 2.10 bits per heavy atom. The first-order valence-corrected chi connectivity index (χ1v) is 6.61. The summed E-state index contributed by atoms with van der Waals surface area (Å²) in [4.78, 5) is 17.8. The summed E-state index contributed by atoms with van der Waals surface area (Å²) in [5.74, 6) is -0.270. The van der Waals surface area contributed by atoms with Gasteiger partial charge in [-0.1, -0.05) is 26.0 Å². The summed E-state index contributed by atoms with van der Waals surface area (Å²) in [6.07, 6.45) is 0. The van der Waals surface area contributed by atoms with Gasteiger partial charge in [-0.15, -0.1) is 0 Å². The average Bonchev–Trinajstić information content (AvgIpc) is 2.85. The second-order valence-corrected chi connectivity index (χ2v) is 6.36. The fourth-order valence-electron chi connectivity index (χ4n) is 4.47. The lowest BCUT2D eigenvalue weighted by Gasteiger charge is -2.16. The summed E-state index contributed by atoms with van der Waals surface area (Å²) in [5, 5.41) is 19.7. The predicted molar refractivity (Wildman–Crippen MR) is 73.4 cm³/mol. The zero-order valence-corrected chi connectivity index (χ0v) is 11.5. The molecular formula is C15H14N3O2+. The molecule has 100 valence electrons. The first kappa shape index (κ1) is 11.5. The van der Waals surface area contributed by atoms with E-state index in [9.17, 15) is 15.3 Å². The van der Waals surface area contributed by atoms with Crippen molar-refractivity contribution in [1.82, 2.24) is 0 Å². The Kier molecular flexibility index (Phi) is 1.65. The van der Waals surface area contributed by atoms with Crippen molar-refractivity contribution in [2.75, 3.05) is 11.9 Å². The van der Waals surface area contributed by atoms with Crippen molar-refractivity contribution in [1.29, 1.82) is 5.39 Å². The van der Waals surface area contributed by atoms with Crippen LogP contribution in [0.3, 0.4) is 0 Å². The van der Waals surface area contributed by atoms with Gasteiger partial charge in [-0.05, 0) is 11.5 Å². The van der Waals surface area contributed by atoms with Gasteiger partial charge >= 0.3 is 5.70 Å². The van der Waals surface area contributed by atoms with Crippen LogP contribution in [0.5, 0.6) is 0 Å². The minimum atomic E-state index is -0.693. The Balaban J connectivity index is 2.19. The number of allylic oxidation sites excluding steroid dienone is 1. The van der Waals surface area contributed by atoms with Gasteiger partial charge in [0.15, 0.2) is 4.98 Å². The van der Waals surface area contributed by atoms with Crippen molar-refractivity contribution < 1.29 is 9.90 Å². The van der Waals surface area contributed by atoms with Gasteiger partial charge in [-0.3, -0.25) is 4.79 Å². The maximum atomic E-state index is 12.8. The second-order valence-electron chi connectivity index (χ2n) is 6.36. The molecule has 1 aromatic rings. The Morgan fingerprint density at radius 1 is 1.40 bits per heavy atom. The average molecular weight is 268 g/mol. The van der Waals surface area contributed by atoms with Crippen molar-refractivity contribution in [3.8, 4) is 0 Å². The summed E-state index contributed by atoms with van der Waals surface area (Å²) in [6, 6.07) is 5.47. The fraction of sp³-hybridized carbons (Fsp3) is 0.400. The summed E-state index contributed by atoms with van der Waals surface area (Å²) in [5.41, 5.74) is 1.49. The van der Waals surface area contributed by atoms with Crippen LogP contribution < -0.4 is 4.90 Å². The molecule has 3 aliphatic rings. The van der Waals surface area contributed by atoms with Crippen LogP contribution in [0.4, 0.5) is 5.69 Å². The summed E-state index contributed by atoms with van der Waals surface area (Å²) in [7, 11) is 1.75. The minimum absolute atomic E-state index is 0.0151. The molecule has 20 heavy (non-hydrogen) atoms. The zero-order chi connectivity index (χ0) is 14.4. The van der Waals surface area contributed by atoms with E-state index in [1.54, 1.807) is 24.1 Å². The third-order valence-corrected chi connectivity index (χ3v) is 5.41. The predicted octanol–water partition coefficient (Wildman–Crippen LogP) is 2.65. The van der Waals surface area contributed by atoms with Gasteiger partial charge < -0.3 is 10.0 Å². The molecule has 0 aromatic heterocycles. The Morgan fingerprint density at radius 3 is 2.75 bits per heavy atom. The van der Waals surface area contributed by atoms with E-state index in [0.29, 0.717) is 5.56 Å². The maximum absolute atomic E-state index is 12.8. The molecule has 2 atom stereocenters.